The zero-order chi connectivity index (χ0) is 22.3. The van der Waals surface area contributed by atoms with Gasteiger partial charge in [0.1, 0.15) is 0 Å². The van der Waals surface area contributed by atoms with Gasteiger partial charge in [-0.25, -0.2) is 8.42 Å². The maximum absolute atomic E-state index is 13.1. The molecule has 0 bridgehead atoms. The minimum atomic E-state index is -3.70. The first-order valence-corrected chi connectivity index (χ1v) is 12.0. The maximum Gasteiger partial charge on any atom is 0.264 e. The number of hydrogen-bond donors (Lipinski definition) is 1. The zero-order valence-corrected chi connectivity index (χ0v) is 18.5. The van der Waals surface area contributed by atoms with Gasteiger partial charge in [-0.2, -0.15) is 0 Å². The summed E-state index contributed by atoms with van der Waals surface area (Å²) < 4.78 is 27.6. The van der Waals surface area contributed by atoms with Crippen LogP contribution in [0.15, 0.2) is 89.8 Å². The summed E-state index contributed by atoms with van der Waals surface area (Å²) >= 11 is 5.89. The zero-order valence-electron chi connectivity index (χ0n) is 17.0. The fraction of sp³-hybridized carbons (Fsp3) is 0.0800. The summed E-state index contributed by atoms with van der Waals surface area (Å²) in [6.45, 7) is 0.328. The Morgan fingerprint density at radius 3 is 2.47 bits per heavy atom. The van der Waals surface area contributed by atoms with Crippen LogP contribution < -0.4 is 9.62 Å². The highest BCUT2D eigenvalue weighted by atomic mass is 35.5. The summed E-state index contributed by atoms with van der Waals surface area (Å²) in [6.07, 6.45) is 0.539. The predicted molar refractivity (Wildman–Crippen MR) is 128 cm³/mol. The number of nitrogens with one attached hydrogen (secondary N) is 1. The average Bonchev–Trinajstić information content (AvgIpc) is 3.24. The number of anilines is 2. The molecule has 0 fully saturated rings. The monoisotopic (exact) mass is 462 g/mol. The molecule has 1 amide bonds. The molecule has 1 aliphatic rings. The van der Waals surface area contributed by atoms with Crippen molar-refractivity contribution in [3.63, 3.8) is 0 Å². The van der Waals surface area contributed by atoms with Gasteiger partial charge in [0.15, 0.2) is 0 Å². The minimum Gasteiger partial charge on any atom is -0.321 e. The first kappa shape index (κ1) is 20.5. The third kappa shape index (κ3) is 3.61. The van der Waals surface area contributed by atoms with Crippen LogP contribution in [-0.4, -0.2) is 20.9 Å². The second-order valence-corrected chi connectivity index (χ2v) is 9.90. The second kappa shape index (κ2) is 7.97. The van der Waals surface area contributed by atoms with E-state index in [0.29, 0.717) is 29.2 Å². The molecule has 0 spiro atoms. The number of carbonyl (C=O) groups is 1. The van der Waals surface area contributed by atoms with Gasteiger partial charge in [-0.1, -0.05) is 48.0 Å². The number of halogens is 1. The van der Waals surface area contributed by atoms with Crippen LogP contribution in [0.4, 0.5) is 11.4 Å². The number of amides is 1. The predicted octanol–water partition coefficient (Wildman–Crippen LogP) is 5.50. The summed E-state index contributed by atoms with van der Waals surface area (Å²) in [4.78, 5) is 13.1. The summed E-state index contributed by atoms with van der Waals surface area (Å²) in [6, 6.07) is 24.9. The lowest BCUT2D eigenvalue weighted by Crippen LogP contribution is -2.29. The molecule has 5 nitrogen and oxygen atoms in total. The Labute approximate surface area is 191 Å². The highest BCUT2D eigenvalue weighted by Gasteiger charge is 2.31. The van der Waals surface area contributed by atoms with Gasteiger partial charge in [0.25, 0.3) is 15.9 Å². The van der Waals surface area contributed by atoms with Crippen LogP contribution in [0.1, 0.15) is 15.9 Å². The number of fused-ring (bicyclic) bond motifs is 2. The van der Waals surface area contributed by atoms with Crippen LogP contribution in [0.25, 0.3) is 10.8 Å². The van der Waals surface area contributed by atoms with Gasteiger partial charge in [-0.3, -0.25) is 9.10 Å². The Morgan fingerprint density at radius 2 is 1.66 bits per heavy atom. The second-order valence-electron chi connectivity index (χ2n) is 7.61. The fourth-order valence-corrected chi connectivity index (χ4v) is 5.65. The molecule has 1 aliphatic heterocycles. The van der Waals surface area contributed by atoms with E-state index < -0.39 is 10.0 Å². The first-order chi connectivity index (χ1) is 15.4. The lowest BCUT2D eigenvalue weighted by Gasteiger charge is -2.20. The molecule has 7 heteroatoms. The third-order valence-electron chi connectivity index (χ3n) is 5.63. The van der Waals surface area contributed by atoms with E-state index in [2.05, 4.69) is 5.32 Å². The van der Waals surface area contributed by atoms with Crippen LogP contribution in [-0.2, 0) is 16.4 Å². The average molecular weight is 463 g/mol. The molecular formula is C25H19ClN2O3S. The van der Waals surface area contributed by atoms with Gasteiger partial charge < -0.3 is 5.32 Å². The van der Waals surface area contributed by atoms with Crippen LogP contribution in [0.3, 0.4) is 0 Å². The minimum absolute atomic E-state index is 0.188. The van der Waals surface area contributed by atoms with Crippen molar-refractivity contribution >= 4 is 49.7 Å². The van der Waals surface area contributed by atoms with Crippen LogP contribution in [0, 0.1) is 0 Å². The molecule has 32 heavy (non-hydrogen) atoms. The van der Waals surface area contributed by atoms with Crippen molar-refractivity contribution < 1.29 is 13.2 Å². The van der Waals surface area contributed by atoms with Gasteiger partial charge in [0.05, 0.1) is 10.6 Å². The van der Waals surface area contributed by atoms with Crippen LogP contribution in [0.2, 0.25) is 5.02 Å². The van der Waals surface area contributed by atoms with Crippen molar-refractivity contribution in [1.29, 1.82) is 0 Å². The van der Waals surface area contributed by atoms with Gasteiger partial charge in [-0.05, 0) is 65.9 Å². The number of carbonyl (C=O) groups excluding carboxylic acids is 1. The Bertz CT molecular complexity index is 1440. The van der Waals surface area contributed by atoms with Crippen molar-refractivity contribution in [3.8, 4) is 0 Å². The molecule has 4 aromatic carbocycles. The Hall–Kier alpha value is -3.35. The fourth-order valence-electron chi connectivity index (χ4n) is 4.03. The van der Waals surface area contributed by atoms with Crippen molar-refractivity contribution in [2.75, 3.05) is 16.2 Å². The molecule has 1 heterocycles. The smallest absolute Gasteiger partial charge is 0.264 e. The molecule has 0 unspecified atom stereocenters. The topological polar surface area (TPSA) is 66.5 Å². The van der Waals surface area contributed by atoms with Gasteiger partial charge in [0.2, 0.25) is 0 Å². The van der Waals surface area contributed by atoms with Crippen molar-refractivity contribution in [3.05, 3.63) is 101 Å². The van der Waals surface area contributed by atoms with Crippen molar-refractivity contribution in [2.45, 2.75) is 11.3 Å². The molecule has 4 aromatic rings. The Kier molecular flexibility index (Phi) is 5.12. The summed E-state index contributed by atoms with van der Waals surface area (Å²) in [5, 5.41) is 5.47. The number of benzene rings is 4. The summed E-state index contributed by atoms with van der Waals surface area (Å²) in [5.74, 6) is -0.233. The molecule has 1 N–H and O–H groups in total. The largest absolute Gasteiger partial charge is 0.321 e. The highest BCUT2D eigenvalue weighted by molar-refractivity contribution is 7.92. The van der Waals surface area contributed by atoms with Crippen molar-refractivity contribution in [1.82, 2.24) is 0 Å². The Balaban J connectivity index is 1.42. The van der Waals surface area contributed by atoms with E-state index in [-0.39, 0.29) is 10.8 Å². The lowest BCUT2D eigenvalue weighted by molar-refractivity contribution is 0.102. The number of hydrogen-bond acceptors (Lipinski definition) is 3. The van der Waals surface area contributed by atoms with Gasteiger partial charge >= 0.3 is 0 Å². The number of nitrogens with zero attached hydrogens (tertiary/aromatic N) is 1. The van der Waals surface area contributed by atoms with E-state index in [1.165, 1.54) is 16.4 Å². The SMILES string of the molecule is O=C(Nc1cccc2ccccc12)c1ccc2c(c1)CCN2S(=O)(=O)c1ccc(Cl)cc1. The van der Waals surface area contributed by atoms with E-state index in [9.17, 15) is 13.2 Å². The molecule has 0 saturated heterocycles. The van der Waals surface area contributed by atoms with Crippen molar-refractivity contribution in [2.24, 2.45) is 0 Å². The van der Waals surface area contributed by atoms with E-state index in [0.717, 1.165) is 22.0 Å². The third-order valence-corrected chi connectivity index (χ3v) is 7.71. The molecule has 160 valence electrons. The van der Waals surface area contributed by atoms with E-state index in [1.807, 2.05) is 42.5 Å². The maximum atomic E-state index is 13.1. The molecule has 5 rings (SSSR count). The molecule has 0 aliphatic carbocycles. The van der Waals surface area contributed by atoms with E-state index in [1.54, 1.807) is 30.3 Å². The first-order valence-electron chi connectivity index (χ1n) is 10.1. The molecule has 0 atom stereocenters. The van der Waals surface area contributed by atoms with Crippen LogP contribution >= 0.6 is 11.6 Å². The van der Waals surface area contributed by atoms with E-state index in [4.69, 9.17) is 11.6 Å². The standard InChI is InChI=1S/C25H19ClN2O3S/c26-20-9-11-21(12-10-20)32(30,31)28-15-14-18-16-19(8-13-24(18)28)25(29)27-23-7-3-5-17-4-1-2-6-22(17)23/h1-13,16H,14-15H2,(H,27,29). The molecule has 0 radical (unpaired) electrons. The molecular weight excluding hydrogens is 444 g/mol. The number of rotatable bonds is 4. The van der Waals surface area contributed by atoms with Gasteiger partial charge in [0, 0.05) is 28.2 Å². The number of sulfonamides is 1. The quantitative estimate of drug-likeness (QED) is 0.435. The van der Waals surface area contributed by atoms with Gasteiger partial charge in [-0.15, -0.1) is 0 Å². The summed E-state index contributed by atoms with van der Waals surface area (Å²) in [7, 11) is -3.70. The Morgan fingerprint density at radius 1 is 0.906 bits per heavy atom. The normalized spacial score (nSPS) is 13.2. The summed E-state index contributed by atoms with van der Waals surface area (Å²) in [5.41, 5.74) is 2.65. The molecule has 0 saturated carbocycles. The molecule has 0 aromatic heterocycles. The van der Waals surface area contributed by atoms with Crippen LogP contribution in [0.5, 0.6) is 0 Å². The lowest BCUT2D eigenvalue weighted by atomic mass is 10.1. The highest BCUT2D eigenvalue weighted by Crippen LogP contribution is 2.34. The van der Waals surface area contributed by atoms with E-state index >= 15 is 0 Å².